The first-order chi connectivity index (χ1) is 12.7. The smallest absolute Gasteiger partial charge is 0.387 e. The van der Waals surface area contributed by atoms with Crippen molar-refractivity contribution in [3.8, 4) is 17.4 Å². The van der Waals surface area contributed by atoms with E-state index in [2.05, 4.69) is 29.6 Å². The molecule has 0 atom stereocenters. The summed E-state index contributed by atoms with van der Waals surface area (Å²) < 4.78 is 29.3. The third kappa shape index (κ3) is 3.44. The van der Waals surface area contributed by atoms with Gasteiger partial charge >= 0.3 is 6.61 Å². The first-order valence-electron chi connectivity index (χ1n) is 8.11. The molecule has 2 aromatic heterocycles. The molecule has 6 nitrogen and oxygen atoms in total. The summed E-state index contributed by atoms with van der Waals surface area (Å²) in [5, 5.41) is 0. The number of aromatic nitrogens is 4. The molecule has 0 aliphatic carbocycles. The van der Waals surface area contributed by atoms with Gasteiger partial charge < -0.3 is 9.64 Å². The molecule has 0 spiro atoms. The minimum absolute atomic E-state index is 0.149. The van der Waals surface area contributed by atoms with Crippen LogP contribution in [-0.4, -0.2) is 33.1 Å². The molecule has 132 valence electrons. The first-order valence-corrected chi connectivity index (χ1v) is 8.11. The van der Waals surface area contributed by atoms with E-state index in [1.807, 2.05) is 6.07 Å². The second kappa shape index (κ2) is 6.99. The number of halogens is 2. The van der Waals surface area contributed by atoms with Crippen molar-refractivity contribution in [2.75, 3.05) is 11.4 Å². The fourth-order valence-corrected chi connectivity index (χ4v) is 2.92. The van der Waals surface area contributed by atoms with Gasteiger partial charge in [-0.15, -0.1) is 0 Å². The maximum Gasteiger partial charge on any atom is 0.387 e. The van der Waals surface area contributed by atoms with E-state index in [9.17, 15) is 8.78 Å². The molecule has 26 heavy (non-hydrogen) atoms. The van der Waals surface area contributed by atoms with Gasteiger partial charge in [0.15, 0.2) is 11.6 Å². The Morgan fingerprint density at radius 1 is 1.04 bits per heavy atom. The van der Waals surface area contributed by atoms with Crippen LogP contribution in [0, 0.1) is 0 Å². The maximum atomic E-state index is 12.4. The number of ether oxygens (including phenoxy) is 1. The molecular formula is C18H15F2N5O. The van der Waals surface area contributed by atoms with E-state index >= 15 is 0 Å². The Kier molecular flexibility index (Phi) is 4.39. The number of fused-ring (bicyclic) bond motifs is 1. The zero-order chi connectivity index (χ0) is 17.9. The predicted molar refractivity (Wildman–Crippen MR) is 90.9 cm³/mol. The van der Waals surface area contributed by atoms with Crippen LogP contribution in [0.2, 0.25) is 0 Å². The van der Waals surface area contributed by atoms with Gasteiger partial charge in [0.2, 0.25) is 0 Å². The summed E-state index contributed by atoms with van der Waals surface area (Å²) in [6, 6.07) is 8.45. The average molecular weight is 355 g/mol. The summed E-state index contributed by atoms with van der Waals surface area (Å²) >= 11 is 0. The largest absolute Gasteiger partial charge is 0.435 e. The molecule has 0 radical (unpaired) electrons. The van der Waals surface area contributed by atoms with Gasteiger partial charge in [-0.25, -0.2) is 19.9 Å². The molecular weight excluding hydrogens is 340 g/mol. The molecule has 1 aliphatic heterocycles. The van der Waals surface area contributed by atoms with Gasteiger partial charge in [-0.1, -0.05) is 6.07 Å². The van der Waals surface area contributed by atoms with Crippen LogP contribution in [-0.2, 0) is 13.0 Å². The molecule has 1 aromatic carbocycles. The molecule has 4 rings (SSSR count). The highest BCUT2D eigenvalue weighted by Gasteiger charge is 2.20. The number of hydrogen-bond acceptors (Lipinski definition) is 6. The Morgan fingerprint density at radius 3 is 2.69 bits per heavy atom. The summed E-state index contributed by atoms with van der Waals surface area (Å²) in [5.74, 6) is 1.15. The van der Waals surface area contributed by atoms with Crippen LogP contribution >= 0.6 is 0 Å². The maximum absolute atomic E-state index is 12.4. The molecule has 3 heterocycles. The topological polar surface area (TPSA) is 64.0 Å². The van der Waals surface area contributed by atoms with Crippen molar-refractivity contribution >= 4 is 5.69 Å². The van der Waals surface area contributed by atoms with E-state index in [0.717, 1.165) is 29.9 Å². The lowest BCUT2D eigenvalue weighted by Crippen LogP contribution is -2.31. The van der Waals surface area contributed by atoms with E-state index < -0.39 is 6.61 Å². The second-order valence-corrected chi connectivity index (χ2v) is 5.79. The number of hydrogen-bond donors (Lipinski definition) is 0. The molecule has 0 unspecified atom stereocenters. The van der Waals surface area contributed by atoms with Crippen LogP contribution in [0.15, 0.2) is 48.9 Å². The Balaban J connectivity index is 1.55. The zero-order valence-electron chi connectivity index (χ0n) is 13.7. The highest BCUT2D eigenvalue weighted by atomic mass is 19.3. The third-order valence-electron chi connectivity index (χ3n) is 4.11. The van der Waals surface area contributed by atoms with Gasteiger partial charge in [0, 0.05) is 55.4 Å². The summed E-state index contributed by atoms with van der Waals surface area (Å²) in [4.78, 5) is 19.4. The third-order valence-corrected chi connectivity index (χ3v) is 4.11. The summed E-state index contributed by atoms with van der Waals surface area (Å²) in [6.45, 7) is -1.51. The fourth-order valence-electron chi connectivity index (χ4n) is 2.92. The van der Waals surface area contributed by atoms with Crippen LogP contribution in [0.3, 0.4) is 0 Å². The van der Waals surface area contributed by atoms with Crippen molar-refractivity contribution in [1.29, 1.82) is 0 Å². The molecule has 0 bridgehead atoms. The van der Waals surface area contributed by atoms with Crippen molar-refractivity contribution < 1.29 is 13.5 Å². The first kappa shape index (κ1) is 16.3. The molecule has 0 saturated carbocycles. The van der Waals surface area contributed by atoms with Gasteiger partial charge in [-0.3, -0.25) is 0 Å². The Bertz CT molecular complexity index is 907. The number of anilines is 1. The zero-order valence-corrected chi connectivity index (χ0v) is 13.7. The van der Waals surface area contributed by atoms with Gasteiger partial charge in [0.05, 0.1) is 5.69 Å². The van der Waals surface area contributed by atoms with Crippen molar-refractivity contribution in [3.05, 3.63) is 60.2 Å². The lowest BCUT2D eigenvalue weighted by Gasteiger charge is -2.30. The van der Waals surface area contributed by atoms with Crippen LogP contribution < -0.4 is 9.64 Å². The molecule has 1 aliphatic rings. The fraction of sp³-hybridized carbons (Fsp3) is 0.222. The number of rotatable bonds is 4. The van der Waals surface area contributed by atoms with Crippen LogP contribution in [0.25, 0.3) is 11.6 Å². The SMILES string of the molecule is FC(F)Oc1cccc(N2CCc3nc(-c4ncccn4)ncc3C2)c1. The molecule has 3 aromatic rings. The molecule has 0 fully saturated rings. The van der Waals surface area contributed by atoms with Gasteiger partial charge in [-0.2, -0.15) is 8.78 Å². The van der Waals surface area contributed by atoms with Gasteiger partial charge in [0.25, 0.3) is 0 Å². The molecule has 8 heteroatoms. The van der Waals surface area contributed by atoms with E-state index in [0.29, 0.717) is 18.2 Å². The highest BCUT2D eigenvalue weighted by Crippen LogP contribution is 2.27. The van der Waals surface area contributed by atoms with Gasteiger partial charge in [-0.05, 0) is 18.2 Å². The number of benzene rings is 1. The van der Waals surface area contributed by atoms with Crippen LogP contribution in [0.1, 0.15) is 11.3 Å². The Labute approximate surface area is 148 Å². The number of alkyl halides is 2. The minimum Gasteiger partial charge on any atom is -0.435 e. The molecule has 0 N–H and O–H groups in total. The summed E-state index contributed by atoms with van der Waals surface area (Å²) in [7, 11) is 0. The lowest BCUT2D eigenvalue weighted by atomic mass is 10.1. The van der Waals surface area contributed by atoms with E-state index in [1.165, 1.54) is 6.07 Å². The van der Waals surface area contributed by atoms with Gasteiger partial charge in [0.1, 0.15) is 5.75 Å². The monoisotopic (exact) mass is 355 g/mol. The van der Waals surface area contributed by atoms with Crippen molar-refractivity contribution in [1.82, 2.24) is 19.9 Å². The summed E-state index contributed by atoms with van der Waals surface area (Å²) in [5.41, 5.74) is 2.78. The van der Waals surface area contributed by atoms with E-state index in [-0.39, 0.29) is 5.75 Å². The quantitative estimate of drug-likeness (QED) is 0.717. The Morgan fingerprint density at radius 2 is 1.88 bits per heavy atom. The van der Waals surface area contributed by atoms with Crippen LogP contribution in [0.5, 0.6) is 5.75 Å². The van der Waals surface area contributed by atoms with Crippen molar-refractivity contribution in [2.45, 2.75) is 19.6 Å². The average Bonchev–Trinajstić information content (AvgIpc) is 2.67. The van der Waals surface area contributed by atoms with Crippen LogP contribution in [0.4, 0.5) is 14.5 Å². The summed E-state index contributed by atoms with van der Waals surface area (Å²) in [6.07, 6.45) is 5.81. The minimum atomic E-state index is -2.83. The molecule has 0 amide bonds. The predicted octanol–water partition coefficient (Wildman–Crippen LogP) is 3.10. The highest BCUT2D eigenvalue weighted by molar-refractivity contribution is 5.53. The second-order valence-electron chi connectivity index (χ2n) is 5.79. The van der Waals surface area contributed by atoms with E-state index in [1.54, 1.807) is 36.8 Å². The Hall–Kier alpha value is -3.16. The van der Waals surface area contributed by atoms with Crippen molar-refractivity contribution in [2.24, 2.45) is 0 Å². The number of nitrogens with zero attached hydrogens (tertiary/aromatic N) is 5. The lowest BCUT2D eigenvalue weighted by molar-refractivity contribution is -0.0498. The standard InChI is InChI=1S/C18H15F2N5O/c19-18(20)26-14-4-1-3-13(9-14)25-8-5-15-12(11-25)10-23-17(24-15)16-21-6-2-7-22-16/h1-4,6-7,9-10,18H,5,8,11H2. The van der Waals surface area contributed by atoms with Crippen molar-refractivity contribution in [3.63, 3.8) is 0 Å². The van der Waals surface area contributed by atoms with E-state index in [4.69, 9.17) is 0 Å². The molecule has 0 saturated heterocycles. The normalized spacial score (nSPS) is 13.6.